The molecule has 5 rings (SSSR count). The summed E-state index contributed by atoms with van der Waals surface area (Å²) in [7, 11) is 0. The zero-order chi connectivity index (χ0) is 25.6. The van der Waals surface area contributed by atoms with Crippen LogP contribution in [0, 0.1) is 5.82 Å². The summed E-state index contributed by atoms with van der Waals surface area (Å²) in [6.45, 7) is 0.598. The van der Waals surface area contributed by atoms with Gasteiger partial charge in [0.15, 0.2) is 0 Å². The Morgan fingerprint density at radius 2 is 1.49 bits per heavy atom. The number of nitrogens with one attached hydrogen (secondary N) is 1. The first-order valence-corrected chi connectivity index (χ1v) is 12.0. The summed E-state index contributed by atoms with van der Waals surface area (Å²) in [6, 6.07) is 30.1. The number of nitrogens with two attached hydrogens (primary N) is 1. The number of aryl methyl sites for hydroxylation is 1. The number of aromatic nitrogens is 3. The smallest absolute Gasteiger partial charge is 0.224 e. The van der Waals surface area contributed by atoms with Crippen LogP contribution in [0.5, 0.6) is 0 Å². The summed E-state index contributed by atoms with van der Waals surface area (Å²) in [5, 5.41) is 11.3. The molecule has 1 amide bonds. The molecule has 6 nitrogen and oxygen atoms in total. The number of hydrogen-bond donors (Lipinski definition) is 2. The highest BCUT2D eigenvalue weighted by Gasteiger charge is 2.10. The lowest BCUT2D eigenvalue weighted by Gasteiger charge is -2.10. The Morgan fingerprint density at radius 1 is 0.838 bits per heavy atom. The van der Waals surface area contributed by atoms with Crippen molar-refractivity contribution in [1.29, 1.82) is 0 Å². The molecule has 0 saturated heterocycles. The number of nitrogens with zero attached hydrogens (tertiary/aromatic N) is 3. The normalized spacial score (nSPS) is 10.8. The molecule has 4 aromatic carbocycles. The van der Waals surface area contributed by atoms with Crippen molar-refractivity contribution in [1.82, 2.24) is 15.0 Å². The molecular formula is C30H26FN5O. The first-order valence-electron chi connectivity index (χ1n) is 12.0. The summed E-state index contributed by atoms with van der Waals surface area (Å²) in [6.07, 6.45) is 2.56. The molecule has 37 heavy (non-hydrogen) atoms. The monoisotopic (exact) mass is 491 g/mol. The third-order valence-corrected chi connectivity index (χ3v) is 6.10. The maximum Gasteiger partial charge on any atom is 0.224 e. The first kappa shape index (κ1) is 23.9. The molecule has 1 aromatic heterocycles. The fourth-order valence-electron chi connectivity index (χ4n) is 4.09. The fraction of sp³-hybridized carbons (Fsp3) is 0.100. The van der Waals surface area contributed by atoms with Crippen LogP contribution in [0.1, 0.15) is 17.7 Å². The number of carbonyl (C=O) groups is 1. The van der Waals surface area contributed by atoms with Gasteiger partial charge in [0.05, 0.1) is 23.6 Å². The third kappa shape index (κ3) is 6.08. The molecule has 184 valence electrons. The van der Waals surface area contributed by atoms with Gasteiger partial charge in [-0.05, 0) is 52.1 Å². The van der Waals surface area contributed by atoms with Gasteiger partial charge in [0, 0.05) is 19.0 Å². The Bertz CT molecular complexity index is 1500. The molecule has 1 heterocycles. The van der Waals surface area contributed by atoms with Gasteiger partial charge in [-0.15, -0.1) is 5.10 Å². The molecule has 0 aliphatic carbocycles. The minimum atomic E-state index is -0.300. The summed E-state index contributed by atoms with van der Waals surface area (Å²) in [5.74, 6) is -0.473. The summed E-state index contributed by atoms with van der Waals surface area (Å²) in [4.78, 5) is 12.6. The summed E-state index contributed by atoms with van der Waals surface area (Å²) < 4.78 is 15.0. The zero-order valence-electron chi connectivity index (χ0n) is 20.1. The number of rotatable bonds is 8. The van der Waals surface area contributed by atoms with Crippen LogP contribution in [0.2, 0.25) is 0 Å². The number of nitrogen functional groups attached to an aromatic ring is 1. The molecular weight excluding hydrogens is 465 g/mol. The van der Waals surface area contributed by atoms with E-state index < -0.39 is 0 Å². The Balaban J connectivity index is 1.16. The van der Waals surface area contributed by atoms with E-state index in [9.17, 15) is 9.18 Å². The number of carbonyl (C=O) groups excluding carboxylic acids is 1. The quantitative estimate of drug-likeness (QED) is 0.263. The summed E-state index contributed by atoms with van der Waals surface area (Å²) in [5.41, 5.74) is 12.9. The molecule has 0 atom stereocenters. The highest BCUT2D eigenvalue weighted by Crippen LogP contribution is 2.27. The van der Waals surface area contributed by atoms with E-state index in [1.165, 1.54) is 23.3 Å². The number of anilines is 2. The number of hydrogen-bond acceptors (Lipinski definition) is 4. The SMILES string of the molecule is Nc1ccc(-c2ccc(F)cc2)cc1NC(=O)CCc1cn(Cc2ccc(-c3ccccc3)cc2)nn1. The van der Waals surface area contributed by atoms with E-state index in [2.05, 4.69) is 52.0 Å². The van der Waals surface area contributed by atoms with Gasteiger partial charge < -0.3 is 11.1 Å². The second-order valence-corrected chi connectivity index (χ2v) is 8.83. The third-order valence-electron chi connectivity index (χ3n) is 6.10. The average molecular weight is 492 g/mol. The molecule has 7 heteroatoms. The van der Waals surface area contributed by atoms with E-state index in [0.717, 1.165) is 22.4 Å². The van der Waals surface area contributed by atoms with E-state index in [-0.39, 0.29) is 18.1 Å². The molecule has 3 N–H and O–H groups in total. The predicted octanol–water partition coefficient (Wildman–Crippen LogP) is 5.95. The Morgan fingerprint density at radius 3 is 2.24 bits per heavy atom. The molecule has 0 spiro atoms. The topological polar surface area (TPSA) is 85.8 Å². The van der Waals surface area contributed by atoms with Crippen molar-refractivity contribution < 1.29 is 9.18 Å². The standard InChI is InChI=1S/C30H26FN5O/c31-26-13-10-24(11-14-26)25-12-16-28(32)29(18-25)33-30(37)17-15-27-20-36(35-34-27)19-21-6-8-23(9-7-21)22-4-2-1-3-5-22/h1-14,16,18,20H,15,17,19,32H2,(H,33,37). The largest absolute Gasteiger partial charge is 0.397 e. The van der Waals surface area contributed by atoms with Gasteiger partial charge in [-0.3, -0.25) is 4.79 Å². The molecule has 0 fully saturated rings. The van der Waals surface area contributed by atoms with Crippen LogP contribution in [-0.4, -0.2) is 20.9 Å². The number of amides is 1. The molecule has 0 aliphatic heterocycles. The second kappa shape index (κ2) is 10.9. The maximum absolute atomic E-state index is 13.2. The Kier molecular flexibility index (Phi) is 7.03. The van der Waals surface area contributed by atoms with Crippen molar-refractivity contribution >= 4 is 17.3 Å². The van der Waals surface area contributed by atoms with Crippen LogP contribution in [0.25, 0.3) is 22.3 Å². The molecule has 5 aromatic rings. The van der Waals surface area contributed by atoms with Gasteiger partial charge >= 0.3 is 0 Å². The lowest BCUT2D eigenvalue weighted by molar-refractivity contribution is -0.116. The molecule has 0 saturated carbocycles. The highest BCUT2D eigenvalue weighted by atomic mass is 19.1. The van der Waals surface area contributed by atoms with Crippen molar-refractivity contribution in [3.8, 4) is 22.3 Å². The van der Waals surface area contributed by atoms with E-state index in [0.29, 0.717) is 24.3 Å². The predicted molar refractivity (Wildman–Crippen MR) is 144 cm³/mol. The lowest BCUT2D eigenvalue weighted by atomic mass is 10.0. The summed E-state index contributed by atoms with van der Waals surface area (Å²) >= 11 is 0. The van der Waals surface area contributed by atoms with Gasteiger partial charge in [0.1, 0.15) is 5.82 Å². The van der Waals surface area contributed by atoms with Gasteiger partial charge in [0.25, 0.3) is 0 Å². The number of benzene rings is 4. The fourth-order valence-corrected chi connectivity index (χ4v) is 4.09. The van der Waals surface area contributed by atoms with E-state index in [1.807, 2.05) is 30.5 Å². The van der Waals surface area contributed by atoms with Crippen LogP contribution in [0.15, 0.2) is 103 Å². The van der Waals surface area contributed by atoms with Crippen molar-refractivity contribution in [2.45, 2.75) is 19.4 Å². The van der Waals surface area contributed by atoms with Gasteiger partial charge in [-0.25, -0.2) is 9.07 Å². The van der Waals surface area contributed by atoms with Crippen LogP contribution in [0.3, 0.4) is 0 Å². The maximum atomic E-state index is 13.2. The second-order valence-electron chi connectivity index (χ2n) is 8.83. The molecule has 0 radical (unpaired) electrons. The molecule has 0 unspecified atom stereocenters. The zero-order valence-corrected chi connectivity index (χ0v) is 20.1. The van der Waals surface area contributed by atoms with Crippen LogP contribution >= 0.6 is 0 Å². The van der Waals surface area contributed by atoms with Crippen LogP contribution in [0.4, 0.5) is 15.8 Å². The average Bonchev–Trinajstić information content (AvgIpc) is 3.37. The molecule has 0 aliphatic rings. The van der Waals surface area contributed by atoms with Crippen molar-refractivity contribution in [3.63, 3.8) is 0 Å². The van der Waals surface area contributed by atoms with Gasteiger partial charge in [0.2, 0.25) is 5.91 Å². The Labute approximate surface area is 214 Å². The van der Waals surface area contributed by atoms with E-state index >= 15 is 0 Å². The Hall–Kier alpha value is -4.78. The number of halogens is 1. The van der Waals surface area contributed by atoms with Crippen LogP contribution < -0.4 is 11.1 Å². The van der Waals surface area contributed by atoms with Gasteiger partial charge in [-0.1, -0.05) is 78.0 Å². The first-order chi connectivity index (χ1) is 18.0. The lowest BCUT2D eigenvalue weighted by Crippen LogP contribution is -2.13. The minimum absolute atomic E-state index is 0.172. The van der Waals surface area contributed by atoms with Crippen molar-refractivity contribution in [3.05, 3.63) is 120 Å². The van der Waals surface area contributed by atoms with E-state index in [4.69, 9.17) is 5.73 Å². The van der Waals surface area contributed by atoms with Crippen molar-refractivity contribution in [2.24, 2.45) is 0 Å². The van der Waals surface area contributed by atoms with Crippen molar-refractivity contribution in [2.75, 3.05) is 11.1 Å². The van der Waals surface area contributed by atoms with Gasteiger partial charge in [-0.2, -0.15) is 0 Å². The van der Waals surface area contributed by atoms with E-state index in [1.54, 1.807) is 28.9 Å². The molecule has 0 bridgehead atoms. The minimum Gasteiger partial charge on any atom is -0.397 e. The highest BCUT2D eigenvalue weighted by molar-refractivity contribution is 5.95. The van der Waals surface area contributed by atoms with Crippen LogP contribution in [-0.2, 0) is 17.8 Å².